The van der Waals surface area contributed by atoms with Crippen LogP contribution in [0.15, 0.2) is 0 Å². The number of carbonyl (C=O) groups is 2. The number of nitrogens with one attached hydrogen (secondary N) is 1. The highest BCUT2D eigenvalue weighted by Crippen LogP contribution is 2.44. The normalized spacial score (nSPS) is 28.3. The summed E-state index contributed by atoms with van der Waals surface area (Å²) in [7, 11) is 3.01. The van der Waals surface area contributed by atoms with Crippen molar-refractivity contribution in [1.82, 2.24) is 10.2 Å². The minimum absolute atomic E-state index is 0.0814. The Kier molecular flexibility index (Phi) is 4.51. The quantitative estimate of drug-likeness (QED) is 0.829. The number of nitrogens with zero attached hydrogens (tertiary/aromatic N) is 1. The van der Waals surface area contributed by atoms with E-state index >= 15 is 0 Å². The molecule has 1 saturated carbocycles. The maximum Gasteiger partial charge on any atom is 0.248 e. The average Bonchev–Trinajstić information content (AvgIpc) is 2.81. The van der Waals surface area contributed by atoms with Crippen LogP contribution in [0.5, 0.6) is 0 Å². The molecule has 2 fully saturated rings. The molecule has 0 aromatic heterocycles. The maximum atomic E-state index is 12.9. The van der Waals surface area contributed by atoms with E-state index < -0.39 is 11.5 Å². The van der Waals surface area contributed by atoms with Gasteiger partial charge in [-0.3, -0.25) is 9.59 Å². The summed E-state index contributed by atoms with van der Waals surface area (Å²) in [5, 5.41) is 2.58. The van der Waals surface area contributed by atoms with E-state index in [1.807, 2.05) is 0 Å². The molecule has 1 heterocycles. The van der Waals surface area contributed by atoms with Crippen LogP contribution in [-0.4, -0.2) is 55.5 Å². The highest BCUT2D eigenvalue weighted by atomic mass is 19.3. The first kappa shape index (κ1) is 16.1. The molecule has 120 valence electrons. The topological polar surface area (TPSA) is 58.6 Å². The van der Waals surface area contributed by atoms with Gasteiger partial charge in [0.25, 0.3) is 0 Å². The van der Waals surface area contributed by atoms with Crippen molar-refractivity contribution in [3.8, 4) is 0 Å². The number of hydrogen-bond acceptors (Lipinski definition) is 3. The van der Waals surface area contributed by atoms with Gasteiger partial charge in [-0.05, 0) is 18.8 Å². The van der Waals surface area contributed by atoms with Crippen LogP contribution in [0.4, 0.5) is 8.78 Å². The lowest BCUT2D eigenvalue weighted by Crippen LogP contribution is -2.60. The lowest BCUT2D eigenvalue weighted by molar-refractivity contribution is -0.153. The number of likely N-dealkylation sites (N-methyl/N-ethyl adjacent to an activating group) is 1. The summed E-state index contributed by atoms with van der Waals surface area (Å²) in [5.74, 6) is -3.39. The standard InChI is InChI=1S/C14H22F2N2O3/c1-17-12(20)13(9-21-2)4-3-5-18(13)11(19)6-10-7-14(15,16)8-10/h10H,3-9H2,1-2H3,(H,17,20). The number of alkyl halides is 2. The van der Waals surface area contributed by atoms with Gasteiger partial charge in [-0.15, -0.1) is 0 Å². The number of halogens is 2. The van der Waals surface area contributed by atoms with Gasteiger partial charge in [0.2, 0.25) is 17.7 Å². The number of rotatable bonds is 5. The summed E-state index contributed by atoms with van der Waals surface area (Å²) in [6.07, 6.45) is 0.863. The minimum Gasteiger partial charge on any atom is -0.382 e. The summed E-state index contributed by atoms with van der Waals surface area (Å²) in [6, 6.07) is 0. The summed E-state index contributed by atoms with van der Waals surface area (Å²) in [6.45, 7) is 0.595. The van der Waals surface area contributed by atoms with Crippen molar-refractivity contribution in [2.24, 2.45) is 5.92 Å². The van der Waals surface area contributed by atoms with Crippen molar-refractivity contribution in [1.29, 1.82) is 0 Å². The Bertz CT molecular complexity index is 422. The van der Waals surface area contributed by atoms with E-state index in [1.165, 1.54) is 19.1 Å². The highest BCUT2D eigenvalue weighted by molar-refractivity contribution is 5.92. The average molecular weight is 304 g/mol. The Balaban J connectivity index is 2.05. The molecule has 1 unspecified atom stereocenters. The first-order valence-corrected chi connectivity index (χ1v) is 7.24. The lowest BCUT2D eigenvalue weighted by Gasteiger charge is -2.39. The fraction of sp³-hybridized carbons (Fsp3) is 0.857. The molecular weight excluding hydrogens is 282 g/mol. The molecule has 0 aromatic carbocycles. The predicted molar refractivity (Wildman–Crippen MR) is 71.9 cm³/mol. The van der Waals surface area contributed by atoms with Crippen molar-refractivity contribution in [3.63, 3.8) is 0 Å². The monoisotopic (exact) mass is 304 g/mol. The summed E-state index contributed by atoms with van der Waals surface area (Å²) in [4.78, 5) is 26.1. The van der Waals surface area contributed by atoms with Crippen molar-refractivity contribution in [3.05, 3.63) is 0 Å². The van der Waals surface area contributed by atoms with E-state index in [0.717, 1.165) is 0 Å². The lowest BCUT2D eigenvalue weighted by atomic mass is 9.78. The van der Waals surface area contributed by atoms with Gasteiger partial charge in [0.1, 0.15) is 5.54 Å². The first-order chi connectivity index (χ1) is 9.84. The third kappa shape index (κ3) is 3.02. The van der Waals surface area contributed by atoms with Crippen LogP contribution in [0.2, 0.25) is 0 Å². The van der Waals surface area contributed by atoms with Crippen LogP contribution in [0.1, 0.15) is 32.1 Å². The molecule has 2 aliphatic rings. The molecule has 1 N–H and O–H groups in total. The second kappa shape index (κ2) is 5.87. The second-order valence-electron chi connectivity index (χ2n) is 6.03. The molecule has 1 aliphatic heterocycles. The van der Waals surface area contributed by atoms with Crippen LogP contribution in [0.25, 0.3) is 0 Å². The Morgan fingerprint density at radius 3 is 2.57 bits per heavy atom. The molecule has 2 rings (SSSR count). The number of likely N-dealkylation sites (tertiary alicyclic amines) is 1. The molecule has 0 aromatic rings. The van der Waals surface area contributed by atoms with Gasteiger partial charge >= 0.3 is 0 Å². The van der Waals surface area contributed by atoms with E-state index in [-0.39, 0.29) is 43.6 Å². The Labute approximate surface area is 123 Å². The Hall–Kier alpha value is -1.24. The van der Waals surface area contributed by atoms with Gasteiger partial charge < -0.3 is 15.0 Å². The number of hydrogen-bond donors (Lipinski definition) is 1. The summed E-state index contributed by atoms with van der Waals surface area (Å²) in [5.41, 5.74) is -0.993. The molecule has 5 nitrogen and oxygen atoms in total. The molecule has 1 saturated heterocycles. The van der Waals surface area contributed by atoms with Gasteiger partial charge in [0.05, 0.1) is 6.61 Å². The van der Waals surface area contributed by atoms with Crippen LogP contribution in [0.3, 0.4) is 0 Å². The molecule has 2 amide bonds. The van der Waals surface area contributed by atoms with Gasteiger partial charge in [0.15, 0.2) is 0 Å². The molecule has 7 heteroatoms. The molecular formula is C14H22F2N2O3. The zero-order valence-electron chi connectivity index (χ0n) is 12.5. The third-order valence-corrected chi connectivity index (χ3v) is 4.46. The van der Waals surface area contributed by atoms with Crippen LogP contribution in [-0.2, 0) is 14.3 Å². The molecule has 0 spiro atoms. The molecule has 21 heavy (non-hydrogen) atoms. The van der Waals surface area contributed by atoms with Crippen molar-refractivity contribution < 1.29 is 23.1 Å². The summed E-state index contributed by atoms with van der Waals surface area (Å²) < 4.78 is 30.9. The van der Waals surface area contributed by atoms with Gasteiger partial charge in [-0.2, -0.15) is 0 Å². The van der Waals surface area contributed by atoms with E-state index in [0.29, 0.717) is 19.4 Å². The smallest absolute Gasteiger partial charge is 0.248 e. The Morgan fingerprint density at radius 2 is 2.05 bits per heavy atom. The summed E-state index contributed by atoms with van der Waals surface area (Å²) >= 11 is 0. The zero-order chi connectivity index (χ0) is 15.7. The predicted octanol–water partition coefficient (Wildman–Crippen LogP) is 1.18. The van der Waals surface area contributed by atoms with Gasteiger partial charge in [-0.25, -0.2) is 8.78 Å². The SMILES string of the molecule is CNC(=O)C1(COC)CCCN1C(=O)CC1CC(F)(F)C1. The van der Waals surface area contributed by atoms with E-state index in [2.05, 4.69) is 5.32 Å². The second-order valence-corrected chi connectivity index (χ2v) is 6.03. The van der Waals surface area contributed by atoms with Crippen molar-refractivity contribution in [2.75, 3.05) is 27.3 Å². The van der Waals surface area contributed by atoms with Crippen molar-refractivity contribution >= 4 is 11.8 Å². The van der Waals surface area contributed by atoms with Crippen LogP contribution in [0, 0.1) is 5.92 Å². The van der Waals surface area contributed by atoms with Crippen molar-refractivity contribution in [2.45, 2.75) is 43.6 Å². The van der Waals surface area contributed by atoms with Crippen LogP contribution >= 0.6 is 0 Å². The van der Waals surface area contributed by atoms with E-state index in [4.69, 9.17) is 4.74 Å². The number of amides is 2. The minimum atomic E-state index is -2.62. The fourth-order valence-corrected chi connectivity index (χ4v) is 3.45. The number of methoxy groups -OCH3 is 1. The molecule has 0 radical (unpaired) electrons. The molecule has 1 atom stereocenters. The van der Waals surface area contributed by atoms with Crippen LogP contribution < -0.4 is 5.32 Å². The largest absolute Gasteiger partial charge is 0.382 e. The number of carbonyl (C=O) groups excluding carboxylic acids is 2. The van der Waals surface area contributed by atoms with E-state index in [9.17, 15) is 18.4 Å². The highest BCUT2D eigenvalue weighted by Gasteiger charge is 2.51. The number of ether oxygens (including phenoxy) is 1. The molecule has 0 bridgehead atoms. The van der Waals surface area contributed by atoms with E-state index in [1.54, 1.807) is 0 Å². The third-order valence-electron chi connectivity index (χ3n) is 4.46. The zero-order valence-corrected chi connectivity index (χ0v) is 12.5. The first-order valence-electron chi connectivity index (χ1n) is 7.24. The fourth-order valence-electron chi connectivity index (χ4n) is 3.45. The molecule has 1 aliphatic carbocycles. The van der Waals surface area contributed by atoms with Gasteiger partial charge in [0, 0.05) is 40.0 Å². The maximum absolute atomic E-state index is 12.9. The Morgan fingerprint density at radius 1 is 1.38 bits per heavy atom. The van der Waals surface area contributed by atoms with Gasteiger partial charge in [-0.1, -0.05) is 0 Å².